The predicted molar refractivity (Wildman–Crippen MR) is 97.3 cm³/mol. The highest BCUT2D eigenvalue weighted by molar-refractivity contribution is 5.77. The third-order valence-corrected chi connectivity index (χ3v) is 3.14. The number of benzene rings is 1. The van der Waals surface area contributed by atoms with E-state index in [9.17, 15) is 14.4 Å². The SMILES string of the molecule is CC(C)(C)OC(=O)NCCNC(=O)CCCC(=O)OCc1ccccc1. The van der Waals surface area contributed by atoms with Gasteiger partial charge >= 0.3 is 12.1 Å². The maximum atomic E-state index is 11.7. The van der Waals surface area contributed by atoms with Crippen LogP contribution in [0.5, 0.6) is 0 Å². The fraction of sp³-hybridized carbons (Fsp3) is 0.526. The normalized spacial score (nSPS) is 10.7. The van der Waals surface area contributed by atoms with Gasteiger partial charge in [0.25, 0.3) is 0 Å². The third-order valence-electron chi connectivity index (χ3n) is 3.14. The zero-order valence-electron chi connectivity index (χ0n) is 15.7. The highest BCUT2D eigenvalue weighted by atomic mass is 16.6. The molecular weight excluding hydrogens is 336 g/mol. The van der Waals surface area contributed by atoms with E-state index in [1.165, 1.54) is 0 Å². The molecular formula is C19H28N2O5. The first kappa shape index (κ1) is 21.5. The molecule has 26 heavy (non-hydrogen) atoms. The summed E-state index contributed by atoms with van der Waals surface area (Å²) < 4.78 is 10.2. The van der Waals surface area contributed by atoms with Crippen molar-refractivity contribution in [3.05, 3.63) is 35.9 Å². The summed E-state index contributed by atoms with van der Waals surface area (Å²) in [5.41, 5.74) is 0.374. The first-order valence-electron chi connectivity index (χ1n) is 8.69. The molecule has 0 aliphatic rings. The van der Waals surface area contributed by atoms with Crippen LogP contribution in [-0.4, -0.2) is 36.7 Å². The molecule has 0 fully saturated rings. The first-order chi connectivity index (χ1) is 12.3. The van der Waals surface area contributed by atoms with E-state index in [-0.39, 0.29) is 37.9 Å². The zero-order chi connectivity index (χ0) is 19.4. The highest BCUT2D eigenvalue weighted by Gasteiger charge is 2.15. The van der Waals surface area contributed by atoms with Crippen molar-refractivity contribution in [1.82, 2.24) is 10.6 Å². The molecule has 7 heteroatoms. The van der Waals surface area contributed by atoms with Crippen molar-refractivity contribution < 1.29 is 23.9 Å². The Morgan fingerprint density at radius 2 is 1.62 bits per heavy atom. The minimum atomic E-state index is -0.553. The molecule has 0 saturated heterocycles. The Morgan fingerprint density at radius 3 is 2.27 bits per heavy atom. The summed E-state index contributed by atoms with van der Waals surface area (Å²) in [4.78, 5) is 34.7. The molecule has 1 rings (SSSR count). The van der Waals surface area contributed by atoms with Crippen LogP contribution in [0, 0.1) is 0 Å². The van der Waals surface area contributed by atoms with Crippen molar-refractivity contribution in [2.24, 2.45) is 0 Å². The summed E-state index contributed by atoms with van der Waals surface area (Å²) >= 11 is 0. The third kappa shape index (κ3) is 11.1. The summed E-state index contributed by atoms with van der Waals surface area (Å²) in [6.07, 6.45) is 0.315. The number of amides is 2. The van der Waals surface area contributed by atoms with Crippen molar-refractivity contribution in [3.63, 3.8) is 0 Å². The van der Waals surface area contributed by atoms with Crippen LogP contribution in [0.15, 0.2) is 30.3 Å². The monoisotopic (exact) mass is 364 g/mol. The van der Waals surface area contributed by atoms with Crippen molar-refractivity contribution in [1.29, 1.82) is 0 Å². The molecule has 7 nitrogen and oxygen atoms in total. The van der Waals surface area contributed by atoms with Gasteiger partial charge in [-0.15, -0.1) is 0 Å². The number of carbonyl (C=O) groups excluding carboxylic acids is 3. The summed E-state index contributed by atoms with van der Waals surface area (Å²) in [7, 11) is 0. The topological polar surface area (TPSA) is 93.7 Å². The predicted octanol–water partition coefficient (Wildman–Crippen LogP) is 2.54. The molecule has 0 spiro atoms. The Labute approximate surface area is 154 Å². The average molecular weight is 364 g/mol. The van der Waals surface area contributed by atoms with E-state index >= 15 is 0 Å². The van der Waals surface area contributed by atoms with Crippen LogP contribution in [0.3, 0.4) is 0 Å². The summed E-state index contributed by atoms with van der Waals surface area (Å²) in [5, 5.41) is 5.22. The quantitative estimate of drug-likeness (QED) is 0.519. The molecule has 0 unspecified atom stereocenters. The smallest absolute Gasteiger partial charge is 0.407 e. The standard InChI is InChI=1S/C19H28N2O5/c1-19(2,3)26-18(24)21-13-12-20-16(22)10-7-11-17(23)25-14-15-8-5-4-6-9-15/h4-6,8-9H,7,10-14H2,1-3H3,(H,20,22)(H,21,24). The molecule has 2 N–H and O–H groups in total. The lowest BCUT2D eigenvalue weighted by Gasteiger charge is -2.19. The lowest BCUT2D eigenvalue weighted by molar-refractivity contribution is -0.145. The van der Waals surface area contributed by atoms with Crippen LogP contribution in [-0.2, 0) is 25.7 Å². The summed E-state index contributed by atoms with van der Waals surface area (Å²) in [6, 6.07) is 9.42. The van der Waals surface area contributed by atoms with Gasteiger partial charge in [0.1, 0.15) is 12.2 Å². The van der Waals surface area contributed by atoms with Gasteiger partial charge in [0.05, 0.1) is 0 Å². The number of nitrogens with one attached hydrogen (secondary N) is 2. The Morgan fingerprint density at radius 1 is 0.962 bits per heavy atom. The lowest BCUT2D eigenvalue weighted by atomic mass is 10.2. The second-order valence-electron chi connectivity index (χ2n) is 6.78. The van der Waals surface area contributed by atoms with Gasteiger partial charge < -0.3 is 20.1 Å². The van der Waals surface area contributed by atoms with Crippen molar-refractivity contribution in [2.45, 2.75) is 52.2 Å². The second-order valence-corrected chi connectivity index (χ2v) is 6.78. The van der Waals surface area contributed by atoms with Crippen LogP contribution in [0.2, 0.25) is 0 Å². The zero-order valence-corrected chi connectivity index (χ0v) is 15.7. The van der Waals surface area contributed by atoms with E-state index in [0.29, 0.717) is 13.0 Å². The Kier molecular flexibility index (Phi) is 9.19. The maximum Gasteiger partial charge on any atom is 0.407 e. The molecule has 0 atom stereocenters. The number of alkyl carbamates (subject to hydrolysis) is 1. The lowest BCUT2D eigenvalue weighted by Crippen LogP contribution is -2.37. The molecule has 1 aromatic rings. The van der Waals surface area contributed by atoms with E-state index in [1.54, 1.807) is 20.8 Å². The number of esters is 1. The van der Waals surface area contributed by atoms with Gasteiger partial charge in [-0.2, -0.15) is 0 Å². The van der Waals surface area contributed by atoms with E-state index in [0.717, 1.165) is 5.56 Å². The second kappa shape index (κ2) is 11.1. The number of ether oxygens (including phenoxy) is 2. The van der Waals surface area contributed by atoms with Crippen LogP contribution in [0.4, 0.5) is 4.79 Å². The Bertz CT molecular complexity index is 581. The van der Waals surface area contributed by atoms with E-state index < -0.39 is 11.7 Å². The average Bonchev–Trinajstić information content (AvgIpc) is 2.56. The largest absolute Gasteiger partial charge is 0.461 e. The van der Waals surface area contributed by atoms with E-state index in [4.69, 9.17) is 9.47 Å². The van der Waals surface area contributed by atoms with Crippen LogP contribution in [0.1, 0.15) is 45.6 Å². The van der Waals surface area contributed by atoms with Gasteiger partial charge in [-0.05, 0) is 32.8 Å². The minimum absolute atomic E-state index is 0.174. The molecule has 0 bridgehead atoms. The van der Waals surface area contributed by atoms with Crippen molar-refractivity contribution in [3.8, 4) is 0 Å². The Balaban J connectivity index is 2.04. The molecule has 0 aliphatic heterocycles. The first-order valence-corrected chi connectivity index (χ1v) is 8.69. The number of rotatable bonds is 9. The number of carbonyl (C=O) groups is 3. The number of hydrogen-bond donors (Lipinski definition) is 2. The molecule has 1 aromatic carbocycles. The van der Waals surface area contributed by atoms with E-state index in [2.05, 4.69) is 10.6 Å². The molecule has 144 valence electrons. The minimum Gasteiger partial charge on any atom is -0.461 e. The number of hydrogen-bond acceptors (Lipinski definition) is 5. The van der Waals surface area contributed by atoms with Gasteiger partial charge in [-0.1, -0.05) is 30.3 Å². The van der Waals surface area contributed by atoms with Crippen LogP contribution in [0.25, 0.3) is 0 Å². The van der Waals surface area contributed by atoms with Gasteiger partial charge in [0, 0.05) is 25.9 Å². The van der Waals surface area contributed by atoms with Crippen molar-refractivity contribution >= 4 is 18.0 Å². The summed E-state index contributed by atoms with van der Waals surface area (Å²) in [5.74, 6) is -0.500. The van der Waals surface area contributed by atoms with Gasteiger partial charge in [-0.3, -0.25) is 9.59 Å². The Hall–Kier alpha value is -2.57. The molecule has 0 saturated carbocycles. The molecule has 0 aromatic heterocycles. The van der Waals surface area contributed by atoms with Crippen LogP contribution >= 0.6 is 0 Å². The maximum absolute atomic E-state index is 11.7. The van der Waals surface area contributed by atoms with Gasteiger partial charge in [0.2, 0.25) is 5.91 Å². The molecule has 0 aliphatic carbocycles. The molecule has 2 amide bonds. The van der Waals surface area contributed by atoms with E-state index in [1.807, 2.05) is 30.3 Å². The van der Waals surface area contributed by atoms with Crippen LogP contribution < -0.4 is 10.6 Å². The highest BCUT2D eigenvalue weighted by Crippen LogP contribution is 2.06. The molecule has 0 heterocycles. The fourth-order valence-corrected chi connectivity index (χ4v) is 1.97. The fourth-order valence-electron chi connectivity index (χ4n) is 1.97. The van der Waals surface area contributed by atoms with Crippen molar-refractivity contribution in [2.75, 3.05) is 13.1 Å². The summed E-state index contributed by atoms with van der Waals surface area (Å²) in [6.45, 7) is 6.15. The van der Waals surface area contributed by atoms with Gasteiger partial charge in [0.15, 0.2) is 0 Å². The van der Waals surface area contributed by atoms with Gasteiger partial charge in [-0.25, -0.2) is 4.79 Å². The molecule has 0 radical (unpaired) electrons.